The van der Waals surface area contributed by atoms with Crippen molar-refractivity contribution < 1.29 is 23.2 Å². The van der Waals surface area contributed by atoms with Gasteiger partial charge in [0.25, 0.3) is 0 Å². The fourth-order valence-corrected chi connectivity index (χ4v) is 6.84. The van der Waals surface area contributed by atoms with Gasteiger partial charge in [-0.15, -0.1) is 0 Å². The highest BCUT2D eigenvalue weighted by molar-refractivity contribution is 6.05. The Labute approximate surface area is 252 Å². The van der Waals surface area contributed by atoms with Crippen LogP contribution in [-0.2, 0) is 11.2 Å². The number of benzene rings is 2. The van der Waals surface area contributed by atoms with Crippen molar-refractivity contribution in [2.24, 2.45) is 11.3 Å². The van der Waals surface area contributed by atoms with Crippen molar-refractivity contribution >= 4 is 34.7 Å². The molecule has 1 aromatic heterocycles. The molecule has 5 rings (SSSR count). The van der Waals surface area contributed by atoms with Gasteiger partial charge >= 0.3 is 0 Å². The number of halogens is 2. The molecule has 1 aliphatic carbocycles. The van der Waals surface area contributed by atoms with Crippen LogP contribution in [0.5, 0.6) is 0 Å². The number of hydrogen-bond donors (Lipinski definition) is 2. The molecule has 9 heteroatoms. The van der Waals surface area contributed by atoms with Crippen molar-refractivity contribution in [3.8, 4) is 11.1 Å². The number of amides is 1. The average Bonchev–Trinajstić information content (AvgIpc) is 3.27. The van der Waals surface area contributed by atoms with E-state index in [0.717, 1.165) is 25.3 Å². The summed E-state index contributed by atoms with van der Waals surface area (Å²) in [5.41, 5.74) is 2.41. The highest BCUT2D eigenvalue weighted by atomic mass is 19.1. The summed E-state index contributed by atoms with van der Waals surface area (Å²) in [6.07, 6.45) is 4.23. The number of likely N-dealkylation sites (N-methyl/N-ethyl adjacent to an activating group) is 1. The monoisotopic (exact) mass is 592 g/mol. The number of nitrogens with one attached hydrogen (secondary N) is 2. The fourth-order valence-electron chi connectivity index (χ4n) is 6.84. The Morgan fingerprint density at radius 2 is 1.79 bits per heavy atom. The quantitative estimate of drug-likeness (QED) is 0.265. The Hall–Kier alpha value is -3.59. The molecular weight excluding hydrogens is 550 g/mol. The van der Waals surface area contributed by atoms with Crippen molar-refractivity contribution in [2.45, 2.75) is 72.3 Å². The van der Waals surface area contributed by atoms with E-state index in [1.54, 1.807) is 16.7 Å². The van der Waals surface area contributed by atoms with E-state index in [1.807, 2.05) is 13.8 Å². The lowest BCUT2D eigenvalue weighted by molar-refractivity contribution is -0.126. The molecular formula is C34H42F2N4O3. The predicted octanol–water partition coefficient (Wildman–Crippen LogP) is 6.44. The summed E-state index contributed by atoms with van der Waals surface area (Å²) >= 11 is 0. The summed E-state index contributed by atoms with van der Waals surface area (Å²) in [6, 6.07) is 7.41. The topological polar surface area (TPSA) is 83.4 Å². The maximum absolute atomic E-state index is 15.5. The van der Waals surface area contributed by atoms with Crippen LogP contribution in [0.3, 0.4) is 0 Å². The lowest BCUT2D eigenvalue weighted by Gasteiger charge is -2.31. The van der Waals surface area contributed by atoms with Crippen LogP contribution in [0.25, 0.3) is 22.0 Å². The molecule has 1 amide bonds. The highest BCUT2D eigenvalue weighted by Crippen LogP contribution is 2.44. The first-order valence-corrected chi connectivity index (χ1v) is 15.5. The minimum Gasteiger partial charge on any atom is -0.382 e. The number of aromatic nitrogens is 1. The maximum atomic E-state index is 15.5. The van der Waals surface area contributed by atoms with Crippen LogP contribution in [0.2, 0.25) is 0 Å². The van der Waals surface area contributed by atoms with Crippen molar-refractivity contribution in [3.05, 3.63) is 53.2 Å². The van der Waals surface area contributed by atoms with E-state index >= 15 is 4.39 Å². The molecule has 0 saturated heterocycles. The lowest BCUT2D eigenvalue weighted by Crippen LogP contribution is -2.39. The van der Waals surface area contributed by atoms with Crippen LogP contribution >= 0.6 is 0 Å². The summed E-state index contributed by atoms with van der Waals surface area (Å²) in [5, 5.41) is 7.13. The number of carbonyl (C=O) groups is 3. The van der Waals surface area contributed by atoms with Gasteiger partial charge in [-0.2, -0.15) is 0 Å². The average molecular weight is 593 g/mol. The Bertz CT molecular complexity index is 1530. The summed E-state index contributed by atoms with van der Waals surface area (Å²) < 4.78 is 31.4. The van der Waals surface area contributed by atoms with Crippen molar-refractivity contribution in [1.29, 1.82) is 0 Å². The first kappa shape index (κ1) is 30.9. The first-order valence-electron chi connectivity index (χ1n) is 15.5. The highest BCUT2D eigenvalue weighted by Gasteiger charge is 2.36. The molecule has 7 nitrogen and oxygen atoms in total. The molecule has 2 heterocycles. The molecule has 3 aromatic rings. The van der Waals surface area contributed by atoms with Gasteiger partial charge in [-0.1, -0.05) is 27.7 Å². The summed E-state index contributed by atoms with van der Waals surface area (Å²) in [6.45, 7) is 11.6. The van der Waals surface area contributed by atoms with E-state index in [1.165, 1.54) is 18.2 Å². The standard InChI is InChI=1S/C34H42F2N4O3/c1-5-39(6-2)14-13-37-33(43)21-7-10-24(11-8-21)38-28-16-22(15-27(36)26(28)20-41)32-25-12-9-23(35)17-29(25)40-30(32)18-34(3,4)19-31(40)42/h9,12,15-17,20-21,24,38H,5-8,10-11,13-14,18-19H2,1-4H3,(H,37,43). The molecule has 0 atom stereocenters. The third-order valence-electron chi connectivity index (χ3n) is 9.17. The molecule has 1 fully saturated rings. The number of anilines is 1. The molecule has 0 bridgehead atoms. The zero-order valence-corrected chi connectivity index (χ0v) is 25.6. The molecule has 0 radical (unpaired) electrons. The molecule has 43 heavy (non-hydrogen) atoms. The molecule has 230 valence electrons. The molecule has 2 aromatic carbocycles. The largest absolute Gasteiger partial charge is 0.382 e. The second-order valence-electron chi connectivity index (χ2n) is 12.8. The zero-order valence-electron chi connectivity index (χ0n) is 25.6. The SMILES string of the molecule is CCN(CC)CCNC(=O)C1CCC(Nc2cc(-c3c4n(c5cc(F)ccc35)C(=O)CC(C)(C)C4)cc(F)c2C=O)CC1. The van der Waals surface area contributed by atoms with Crippen LogP contribution in [0.15, 0.2) is 30.3 Å². The summed E-state index contributed by atoms with van der Waals surface area (Å²) in [5.74, 6) is -1.22. The van der Waals surface area contributed by atoms with E-state index in [9.17, 15) is 18.8 Å². The Morgan fingerprint density at radius 3 is 2.47 bits per heavy atom. The van der Waals surface area contributed by atoms with Gasteiger partial charge in [-0.05, 0) is 86.5 Å². The third-order valence-corrected chi connectivity index (χ3v) is 9.17. The minimum atomic E-state index is -0.659. The smallest absolute Gasteiger partial charge is 0.231 e. The van der Waals surface area contributed by atoms with Gasteiger partial charge in [0, 0.05) is 53.8 Å². The van der Waals surface area contributed by atoms with Crippen molar-refractivity contribution in [2.75, 3.05) is 31.5 Å². The van der Waals surface area contributed by atoms with Crippen LogP contribution in [0.1, 0.15) is 80.6 Å². The van der Waals surface area contributed by atoms with Gasteiger partial charge in [-0.3, -0.25) is 19.0 Å². The second-order valence-corrected chi connectivity index (χ2v) is 12.8. The van der Waals surface area contributed by atoms with E-state index in [2.05, 4.69) is 29.4 Å². The van der Waals surface area contributed by atoms with E-state index < -0.39 is 11.6 Å². The number of nitrogens with zero attached hydrogens (tertiary/aromatic N) is 2. The first-order chi connectivity index (χ1) is 20.5. The van der Waals surface area contributed by atoms with Crippen molar-refractivity contribution in [3.63, 3.8) is 0 Å². The van der Waals surface area contributed by atoms with Gasteiger partial charge in [0.05, 0.1) is 11.1 Å². The van der Waals surface area contributed by atoms with Crippen LogP contribution in [0, 0.1) is 23.0 Å². The second kappa shape index (κ2) is 12.6. The molecule has 2 aliphatic rings. The van der Waals surface area contributed by atoms with Gasteiger partial charge in [0.15, 0.2) is 6.29 Å². The number of hydrogen-bond acceptors (Lipinski definition) is 5. The molecule has 0 unspecified atom stereocenters. The van der Waals surface area contributed by atoms with E-state index in [4.69, 9.17) is 0 Å². The minimum absolute atomic E-state index is 0.0256. The van der Waals surface area contributed by atoms with Gasteiger partial charge in [-0.25, -0.2) is 8.78 Å². The Balaban J connectivity index is 1.39. The van der Waals surface area contributed by atoms with Crippen molar-refractivity contribution in [1.82, 2.24) is 14.8 Å². The van der Waals surface area contributed by atoms with Crippen LogP contribution < -0.4 is 10.6 Å². The number of rotatable bonds is 10. The van der Waals surface area contributed by atoms with Gasteiger partial charge < -0.3 is 15.5 Å². The van der Waals surface area contributed by atoms with Gasteiger partial charge in [0.2, 0.25) is 11.8 Å². The Morgan fingerprint density at radius 1 is 1.07 bits per heavy atom. The fraction of sp³-hybridized carbons (Fsp3) is 0.500. The normalized spacial score (nSPS) is 19.8. The van der Waals surface area contributed by atoms with Crippen LogP contribution in [0.4, 0.5) is 14.5 Å². The molecule has 1 aliphatic heterocycles. The van der Waals surface area contributed by atoms with E-state index in [-0.39, 0.29) is 34.8 Å². The molecule has 0 spiro atoms. The third kappa shape index (κ3) is 6.37. The predicted molar refractivity (Wildman–Crippen MR) is 166 cm³/mol. The number of aldehydes is 1. The summed E-state index contributed by atoms with van der Waals surface area (Å²) in [7, 11) is 0. The number of carbonyl (C=O) groups excluding carboxylic acids is 3. The van der Waals surface area contributed by atoms with E-state index in [0.29, 0.717) is 79.1 Å². The maximum Gasteiger partial charge on any atom is 0.231 e. The molecule has 1 saturated carbocycles. The van der Waals surface area contributed by atoms with Gasteiger partial charge in [0.1, 0.15) is 11.6 Å². The lowest BCUT2D eigenvalue weighted by atomic mass is 9.80. The molecule has 2 N–H and O–H groups in total. The summed E-state index contributed by atoms with van der Waals surface area (Å²) in [4.78, 5) is 40.3. The zero-order chi connectivity index (χ0) is 30.9. The number of fused-ring (bicyclic) bond motifs is 3. The van der Waals surface area contributed by atoms with Crippen LogP contribution in [-0.4, -0.2) is 59.8 Å². The Kier molecular flexibility index (Phi) is 9.02.